The molecule has 0 radical (unpaired) electrons. The minimum atomic E-state index is -4.72. The summed E-state index contributed by atoms with van der Waals surface area (Å²) < 4.78 is 32.7. The SMILES string of the molecule is CC/C=C\C/C=C\C/C=C\C/C=C\CCCCCCCCCCC(=O)OC(COC(=O)CCCCCCCCCCCCC)COP(=O)(O)OCC(N)C(=O)O. The van der Waals surface area contributed by atoms with E-state index in [-0.39, 0.29) is 19.4 Å². The van der Waals surface area contributed by atoms with Crippen molar-refractivity contribution < 1.29 is 47.5 Å². The van der Waals surface area contributed by atoms with Crippen molar-refractivity contribution >= 4 is 25.7 Å². The molecule has 12 heteroatoms. The highest BCUT2D eigenvalue weighted by molar-refractivity contribution is 7.47. The van der Waals surface area contributed by atoms with Crippen LogP contribution in [0, 0.1) is 0 Å². The van der Waals surface area contributed by atoms with Crippen LogP contribution in [0.2, 0.25) is 0 Å². The van der Waals surface area contributed by atoms with Gasteiger partial charge in [0.15, 0.2) is 6.10 Å². The fraction of sp³-hybridized carbons (Fsp3) is 0.750. The highest BCUT2D eigenvalue weighted by Gasteiger charge is 2.28. The molecule has 0 heterocycles. The highest BCUT2D eigenvalue weighted by atomic mass is 31.2. The van der Waals surface area contributed by atoms with Crippen LogP contribution >= 0.6 is 7.82 Å². The molecule has 0 aliphatic heterocycles. The number of aliphatic carboxylic acids is 1. The Morgan fingerprint density at radius 2 is 1.00 bits per heavy atom. The predicted molar refractivity (Wildman–Crippen MR) is 226 cm³/mol. The summed E-state index contributed by atoms with van der Waals surface area (Å²) in [4.78, 5) is 45.9. The van der Waals surface area contributed by atoms with Gasteiger partial charge in [0, 0.05) is 12.8 Å². The monoisotopic (exact) mass is 812 g/mol. The van der Waals surface area contributed by atoms with E-state index in [0.29, 0.717) is 12.8 Å². The van der Waals surface area contributed by atoms with E-state index in [9.17, 15) is 23.8 Å². The van der Waals surface area contributed by atoms with Crippen molar-refractivity contribution in [2.75, 3.05) is 19.8 Å². The number of unbranched alkanes of at least 4 members (excludes halogenated alkanes) is 18. The summed E-state index contributed by atoms with van der Waals surface area (Å²) in [7, 11) is -4.72. The Balaban J connectivity index is 4.33. The van der Waals surface area contributed by atoms with E-state index in [2.05, 4.69) is 67.0 Å². The second-order valence-corrected chi connectivity index (χ2v) is 15.9. The average Bonchev–Trinajstić information content (AvgIpc) is 3.17. The number of carbonyl (C=O) groups is 3. The fourth-order valence-electron chi connectivity index (χ4n) is 5.70. The first-order valence-electron chi connectivity index (χ1n) is 21.7. The van der Waals surface area contributed by atoms with E-state index < -0.39 is 51.1 Å². The molecule has 0 aromatic carbocycles. The molecule has 324 valence electrons. The number of carboxylic acids is 1. The summed E-state index contributed by atoms with van der Waals surface area (Å²) in [5.41, 5.74) is 5.33. The molecule has 3 atom stereocenters. The van der Waals surface area contributed by atoms with Gasteiger partial charge in [0.1, 0.15) is 12.6 Å². The molecule has 56 heavy (non-hydrogen) atoms. The zero-order valence-electron chi connectivity index (χ0n) is 35.0. The number of ether oxygens (including phenoxy) is 2. The molecule has 0 bridgehead atoms. The van der Waals surface area contributed by atoms with Crippen LogP contribution in [0.5, 0.6) is 0 Å². The first-order valence-corrected chi connectivity index (χ1v) is 23.2. The maximum atomic E-state index is 12.6. The van der Waals surface area contributed by atoms with Crippen molar-refractivity contribution in [3.05, 3.63) is 48.6 Å². The summed E-state index contributed by atoms with van der Waals surface area (Å²) in [5, 5.41) is 8.88. The van der Waals surface area contributed by atoms with E-state index in [1.165, 1.54) is 64.2 Å². The molecule has 0 fully saturated rings. The molecule has 0 saturated heterocycles. The van der Waals surface area contributed by atoms with Crippen molar-refractivity contribution in [3.8, 4) is 0 Å². The van der Waals surface area contributed by atoms with E-state index in [1.54, 1.807) is 0 Å². The summed E-state index contributed by atoms with van der Waals surface area (Å²) in [6.45, 7) is 2.67. The van der Waals surface area contributed by atoms with Gasteiger partial charge in [-0.25, -0.2) is 4.57 Å². The highest BCUT2D eigenvalue weighted by Crippen LogP contribution is 2.43. The van der Waals surface area contributed by atoms with E-state index in [1.807, 2.05) is 0 Å². The molecule has 4 N–H and O–H groups in total. The fourth-order valence-corrected chi connectivity index (χ4v) is 6.48. The van der Waals surface area contributed by atoms with Gasteiger partial charge in [-0.15, -0.1) is 0 Å². The topological polar surface area (TPSA) is 172 Å². The lowest BCUT2D eigenvalue weighted by atomic mass is 10.1. The van der Waals surface area contributed by atoms with E-state index in [0.717, 1.165) is 77.0 Å². The third-order valence-electron chi connectivity index (χ3n) is 9.09. The summed E-state index contributed by atoms with van der Waals surface area (Å²) in [6, 6.07) is -1.52. The summed E-state index contributed by atoms with van der Waals surface area (Å²) >= 11 is 0. The van der Waals surface area contributed by atoms with E-state index >= 15 is 0 Å². The van der Waals surface area contributed by atoms with Crippen molar-refractivity contribution in [1.82, 2.24) is 0 Å². The van der Waals surface area contributed by atoms with Crippen LogP contribution in [0.1, 0.15) is 181 Å². The zero-order chi connectivity index (χ0) is 41.4. The Morgan fingerprint density at radius 1 is 0.571 bits per heavy atom. The first kappa shape index (κ1) is 53.4. The second-order valence-electron chi connectivity index (χ2n) is 14.5. The standard InChI is InChI=1S/C44H78NO10P/c1-3-5-7-9-11-13-15-16-17-18-19-20-21-22-23-24-26-28-30-32-34-36-43(47)55-40(38-53-56(50,51)54-39-41(45)44(48)49)37-52-42(46)35-33-31-29-27-25-14-12-10-8-6-4-2/h5,7,11,13,16-17,19-20,40-41H,3-4,6,8-10,12,14-15,18,21-39,45H2,1-2H3,(H,48,49)(H,50,51)/b7-5-,13-11-,17-16-,20-19-. The first-order chi connectivity index (χ1) is 27.1. The number of phosphoric acid groups is 1. The minimum absolute atomic E-state index is 0.152. The number of esters is 2. The Labute approximate surface area is 339 Å². The number of rotatable bonds is 40. The van der Waals surface area contributed by atoms with Gasteiger partial charge < -0.3 is 25.2 Å². The van der Waals surface area contributed by atoms with Gasteiger partial charge >= 0.3 is 25.7 Å². The van der Waals surface area contributed by atoms with Crippen LogP contribution in [0.15, 0.2) is 48.6 Å². The number of carbonyl (C=O) groups excluding carboxylic acids is 2. The zero-order valence-corrected chi connectivity index (χ0v) is 35.9. The van der Waals surface area contributed by atoms with Crippen LogP contribution in [0.4, 0.5) is 0 Å². The van der Waals surface area contributed by atoms with Crippen LogP contribution in [-0.4, -0.2) is 59.9 Å². The molecular formula is C44H78NO10P. The largest absolute Gasteiger partial charge is 0.480 e. The third kappa shape index (κ3) is 38.3. The van der Waals surface area contributed by atoms with Crippen molar-refractivity contribution in [3.63, 3.8) is 0 Å². The molecule has 0 spiro atoms. The quantitative estimate of drug-likeness (QED) is 0.0233. The van der Waals surface area contributed by atoms with Crippen LogP contribution in [0.25, 0.3) is 0 Å². The number of phosphoric ester groups is 1. The summed E-state index contributed by atoms with van der Waals surface area (Å²) in [6.07, 6.45) is 43.2. The number of hydrogen-bond acceptors (Lipinski definition) is 9. The average molecular weight is 812 g/mol. The number of hydrogen-bond donors (Lipinski definition) is 3. The number of carboxylic acid groups (broad SMARTS) is 1. The normalized spacial score (nSPS) is 14.2. The molecule has 0 rings (SSSR count). The molecule has 3 unspecified atom stereocenters. The molecule has 11 nitrogen and oxygen atoms in total. The van der Waals surface area contributed by atoms with Gasteiger partial charge in [0.05, 0.1) is 13.2 Å². The van der Waals surface area contributed by atoms with Crippen molar-refractivity contribution in [2.45, 2.75) is 193 Å². The maximum Gasteiger partial charge on any atom is 0.472 e. The van der Waals surface area contributed by atoms with Gasteiger partial charge in [-0.05, 0) is 51.4 Å². The number of nitrogens with two attached hydrogens (primary N) is 1. The van der Waals surface area contributed by atoms with Crippen LogP contribution in [-0.2, 0) is 37.5 Å². The van der Waals surface area contributed by atoms with Gasteiger partial charge in [0.25, 0.3) is 0 Å². The Kier molecular flexibility index (Phi) is 37.5. The third-order valence-corrected chi connectivity index (χ3v) is 10.0. The van der Waals surface area contributed by atoms with Gasteiger partial charge in [0.2, 0.25) is 0 Å². The Morgan fingerprint density at radius 3 is 1.50 bits per heavy atom. The van der Waals surface area contributed by atoms with Gasteiger partial charge in [-0.2, -0.15) is 0 Å². The van der Waals surface area contributed by atoms with Crippen molar-refractivity contribution in [2.24, 2.45) is 5.73 Å². The van der Waals surface area contributed by atoms with Gasteiger partial charge in [-0.1, -0.05) is 165 Å². The molecule has 0 aliphatic carbocycles. The predicted octanol–water partition coefficient (Wildman–Crippen LogP) is 11.4. The number of allylic oxidation sites excluding steroid dienone is 8. The van der Waals surface area contributed by atoms with Crippen LogP contribution < -0.4 is 5.73 Å². The Bertz CT molecular complexity index is 1140. The smallest absolute Gasteiger partial charge is 0.472 e. The molecule has 0 aromatic heterocycles. The van der Waals surface area contributed by atoms with E-state index in [4.69, 9.17) is 24.8 Å². The summed E-state index contributed by atoms with van der Waals surface area (Å²) in [5.74, 6) is -2.39. The molecule has 0 saturated carbocycles. The molecule has 0 aromatic rings. The minimum Gasteiger partial charge on any atom is -0.480 e. The second kappa shape index (κ2) is 39.3. The Hall–Kier alpha value is -2.56. The van der Waals surface area contributed by atoms with Crippen LogP contribution in [0.3, 0.4) is 0 Å². The lowest BCUT2D eigenvalue weighted by molar-refractivity contribution is -0.161. The van der Waals surface area contributed by atoms with Crippen molar-refractivity contribution in [1.29, 1.82) is 0 Å². The molecule has 0 amide bonds. The molecule has 0 aliphatic rings. The molecular weight excluding hydrogens is 733 g/mol. The lowest BCUT2D eigenvalue weighted by Gasteiger charge is -2.20. The van der Waals surface area contributed by atoms with Gasteiger partial charge in [-0.3, -0.25) is 23.4 Å². The lowest BCUT2D eigenvalue weighted by Crippen LogP contribution is -2.34. The maximum absolute atomic E-state index is 12.6.